The van der Waals surface area contributed by atoms with Crippen molar-refractivity contribution in [3.05, 3.63) is 59.6 Å². The van der Waals surface area contributed by atoms with Crippen molar-refractivity contribution < 1.29 is 9.59 Å². The summed E-state index contributed by atoms with van der Waals surface area (Å²) in [6.07, 6.45) is 0.651. The van der Waals surface area contributed by atoms with E-state index >= 15 is 0 Å². The average molecular weight is 381 g/mol. The van der Waals surface area contributed by atoms with Crippen LogP contribution in [-0.4, -0.2) is 27.1 Å². The molecule has 2 heterocycles. The molecule has 1 N–H and O–H groups in total. The molecule has 26 heavy (non-hydrogen) atoms. The maximum atomic E-state index is 12.2. The van der Waals surface area contributed by atoms with Crippen molar-refractivity contribution in [2.24, 2.45) is 4.99 Å². The molecule has 4 rings (SSSR count). The Bertz CT molecular complexity index is 965. The van der Waals surface area contributed by atoms with Gasteiger partial charge in [-0.15, -0.1) is 11.3 Å². The number of carbonyl (C=O) groups excluding carboxylic acids is 2. The third-order valence-corrected chi connectivity index (χ3v) is 6.05. The fourth-order valence-electron chi connectivity index (χ4n) is 2.67. The van der Waals surface area contributed by atoms with E-state index in [9.17, 15) is 9.59 Å². The zero-order valence-electron chi connectivity index (χ0n) is 13.7. The molecule has 2 aromatic carbocycles. The van der Waals surface area contributed by atoms with Gasteiger partial charge >= 0.3 is 0 Å². The number of thioether (sulfide) groups is 1. The van der Waals surface area contributed by atoms with E-state index in [-0.39, 0.29) is 18.2 Å². The van der Waals surface area contributed by atoms with E-state index in [2.05, 4.69) is 15.3 Å². The molecule has 0 unspecified atom stereocenters. The molecule has 1 atom stereocenters. The molecule has 1 aromatic heterocycles. The van der Waals surface area contributed by atoms with Crippen LogP contribution in [0.25, 0.3) is 10.2 Å². The highest BCUT2D eigenvalue weighted by atomic mass is 32.2. The van der Waals surface area contributed by atoms with Gasteiger partial charge in [-0.25, -0.2) is 9.98 Å². The molecule has 0 bridgehead atoms. The minimum Gasteiger partial charge on any atom is -0.326 e. The Labute approximate surface area is 158 Å². The minimum atomic E-state index is -0.455. The van der Waals surface area contributed by atoms with Crippen LogP contribution in [0.2, 0.25) is 0 Å². The number of hydrogen-bond donors (Lipinski definition) is 1. The lowest BCUT2D eigenvalue weighted by Gasteiger charge is -2.08. The summed E-state index contributed by atoms with van der Waals surface area (Å²) in [5.74, 6) is -0.423. The van der Waals surface area contributed by atoms with Gasteiger partial charge in [0.1, 0.15) is 10.3 Å². The Morgan fingerprint density at radius 3 is 2.65 bits per heavy atom. The first-order valence-electron chi connectivity index (χ1n) is 8.15. The predicted octanol–water partition coefficient (Wildman–Crippen LogP) is 3.91. The van der Waals surface area contributed by atoms with Crippen molar-refractivity contribution in [3.8, 4) is 0 Å². The Morgan fingerprint density at radius 2 is 1.85 bits per heavy atom. The summed E-state index contributed by atoms with van der Waals surface area (Å²) in [5.41, 5.74) is 1.68. The number of benzene rings is 2. The van der Waals surface area contributed by atoms with E-state index < -0.39 is 5.25 Å². The molecule has 0 fully saturated rings. The first kappa shape index (κ1) is 16.9. The van der Waals surface area contributed by atoms with Crippen molar-refractivity contribution in [2.45, 2.75) is 18.1 Å². The summed E-state index contributed by atoms with van der Waals surface area (Å²) in [4.78, 5) is 33.0. The minimum absolute atomic E-state index is 0.116. The molecule has 130 valence electrons. The maximum absolute atomic E-state index is 12.2. The number of aliphatic imine (C=N–C) groups is 1. The van der Waals surface area contributed by atoms with Crippen LogP contribution in [0.5, 0.6) is 0 Å². The lowest BCUT2D eigenvalue weighted by Crippen LogP contribution is -2.21. The van der Waals surface area contributed by atoms with Crippen molar-refractivity contribution in [1.82, 2.24) is 4.98 Å². The molecule has 0 saturated carbocycles. The Kier molecular flexibility index (Phi) is 4.81. The summed E-state index contributed by atoms with van der Waals surface area (Å²) in [6, 6.07) is 17.2. The number of rotatable bonds is 5. The highest BCUT2D eigenvalue weighted by Crippen LogP contribution is 2.30. The van der Waals surface area contributed by atoms with E-state index in [1.54, 1.807) is 11.3 Å². The van der Waals surface area contributed by atoms with Gasteiger partial charge in [-0.2, -0.15) is 0 Å². The number of para-hydroxylation sites is 2. The molecule has 1 aliphatic rings. The van der Waals surface area contributed by atoms with Gasteiger partial charge in [0.15, 0.2) is 0 Å². The second-order valence-corrected chi connectivity index (χ2v) is 8.21. The van der Waals surface area contributed by atoms with Crippen LogP contribution < -0.4 is 5.32 Å². The highest BCUT2D eigenvalue weighted by Gasteiger charge is 2.30. The fraction of sp³-hybridized carbons (Fsp3) is 0.158. The standard InChI is InChI=1S/C19H15N3O2S2/c23-16(20-12-6-2-1-3-7-12)10-15-19(24)22-18(26-15)11-17-21-13-8-4-5-9-14(13)25-17/h1-9,15H,10-11H2,(H,20,23)/t15-/m1/s1. The normalized spacial score (nSPS) is 16.7. The van der Waals surface area contributed by atoms with E-state index in [1.165, 1.54) is 11.8 Å². The number of fused-ring (bicyclic) bond motifs is 1. The van der Waals surface area contributed by atoms with Gasteiger partial charge < -0.3 is 5.32 Å². The third kappa shape index (κ3) is 3.84. The summed E-state index contributed by atoms with van der Waals surface area (Å²) < 4.78 is 1.12. The molecule has 3 aromatic rings. The molecular formula is C19H15N3O2S2. The topological polar surface area (TPSA) is 71.4 Å². The van der Waals surface area contributed by atoms with Gasteiger partial charge in [0, 0.05) is 18.5 Å². The van der Waals surface area contributed by atoms with Gasteiger partial charge in [-0.1, -0.05) is 42.1 Å². The predicted molar refractivity (Wildman–Crippen MR) is 107 cm³/mol. The molecule has 5 nitrogen and oxygen atoms in total. The fourth-order valence-corrected chi connectivity index (χ4v) is 4.82. The van der Waals surface area contributed by atoms with Crippen LogP contribution in [0.4, 0.5) is 5.69 Å². The van der Waals surface area contributed by atoms with Crippen molar-refractivity contribution in [2.75, 3.05) is 5.32 Å². The van der Waals surface area contributed by atoms with E-state index in [0.29, 0.717) is 6.42 Å². The van der Waals surface area contributed by atoms with Gasteiger partial charge in [0.2, 0.25) is 5.91 Å². The first-order chi connectivity index (χ1) is 12.7. The molecule has 0 aliphatic carbocycles. The van der Waals surface area contributed by atoms with Crippen LogP contribution >= 0.6 is 23.1 Å². The van der Waals surface area contributed by atoms with E-state index in [4.69, 9.17) is 0 Å². The number of hydrogen-bond acceptors (Lipinski definition) is 5. The number of nitrogens with zero attached hydrogens (tertiary/aromatic N) is 2. The molecule has 0 radical (unpaired) electrons. The Morgan fingerprint density at radius 1 is 1.08 bits per heavy atom. The van der Waals surface area contributed by atoms with Crippen LogP contribution in [0.15, 0.2) is 59.6 Å². The molecule has 2 amide bonds. The molecule has 7 heteroatoms. The first-order valence-corrected chi connectivity index (χ1v) is 9.84. The van der Waals surface area contributed by atoms with Crippen LogP contribution in [-0.2, 0) is 16.0 Å². The summed E-state index contributed by atoms with van der Waals surface area (Å²) in [5, 5.41) is 4.01. The van der Waals surface area contributed by atoms with Crippen molar-refractivity contribution in [1.29, 1.82) is 0 Å². The summed E-state index contributed by atoms with van der Waals surface area (Å²) >= 11 is 2.98. The highest BCUT2D eigenvalue weighted by molar-refractivity contribution is 8.15. The van der Waals surface area contributed by atoms with Gasteiger partial charge in [-0.3, -0.25) is 9.59 Å². The number of anilines is 1. The largest absolute Gasteiger partial charge is 0.326 e. The number of nitrogens with one attached hydrogen (secondary N) is 1. The van der Waals surface area contributed by atoms with E-state index in [0.717, 1.165) is 26.0 Å². The molecule has 0 saturated heterocycles. The third-order valence-electron chi connectivity index (χ3n) is 3.86. The SMILES string of the molecule is O=C(C[C@H]1SC(Cc2nc3ccccc3s2)=NC1=O)Nc1ccccc1. The second kappa shape index (κ2) is 7.39. The van der Waals surface area contributed by atoms with Gasteiger partial charge in [-0.05, 0) is 24.3 Å². The smallest absolute Gasteiger partial charge is 0.260 e. The number of amides is 2. The van der Waals surface area contributed by atoms with Crippen LogP contribution in [0.1, 0.15) is 11.4 Å². The number of aromatic nitrogens is 1. The second-order valence-electron chi connectivity index (χ2n) is 5.82. The Balaban J connectivity index is 1.36. The van der Waals surface area contributed by atoms with E-state index in [1.807, 2.05) is 54.6 Å². The zero-order valence-corrected chi connectivity index (χ0v) is 15.3. The quantitative estimate of drug-likeness (QED) is 0.727. The van der Waals surface area contributed by atoms with Crippen molar-refractivity contribution in [3.63, 3.8) is 0 Å². The summed E-state index contributed by atoms with van der Waals surface area (Å²) in [6.45, 7) is 0. The monoisotopic (exact) mass is 381 g/mol. The molecule has 0 spiro atoms. The zero-order chi connectivity index (χ0) is 17.9. The molecular weight excluding hydrogens is 366 g/mol. The number of carbonyl (C=O) groups is 2. The average Bonchev–Trinajstić information content (AvgIpc) is 3.18. The molecule has 1 aliphatic heterocycles. The van der Waals surface area contributed by atoms with Gasteiger partial charge in [0.25, 0.3) is 5.91 Å². The summed E-state index contributed by atoms with van der Waals surface area (Å²) in [7, 11) is 0. The van der Waals surface area contributed by atoms with Crippen LogP contribution in [0, 0.1) is 0 Å². The van der Waals surface area contributed by atoms with Crippen LogP contribution in [0.3, 0.4) is 0 Å². The van der Waals surface area contributed by atoms with Gasteiger partial charge in [0.05, 0.1) is 15.3 Å². The Hall–Kier alpha value is -2.51. The lowest BCUT2D eigenvalue weighted by atomic mass is 10.2. The van der Waals surface area contributed by atoms with Crippen molar-refractivity contribution >= 4 is 55.9 Å². The maximum Gasteiger partial charge on any atom is 0.260 e. The number of thiazole rings is 1. The lowest BCUT2D eigenvalue weighted by molar-refractivity contribution is -0.121.